The molecule has 0 aliphatic rings. The van der Waals surface area contributed by atoms with E-state index in [0.717, 1.165) is 22.0 Å². The topological polar surface area (TPSA) is 38.4 Å². The lowest BCUT2D eigenvalue weighted by Crippen LogP contribution is -2.06. The third-order valence-electron chi connectivity index (χ3n) is 2.72. The van der Waals surface area contributed by atoms with E-state index >= 15 is 0 Å². The molecule has 0 fully saturated rings. The Bertz CT molecular complexity index is 618. The second-order valence-corrected chi connectivity index (χ2v) is 6.15. The molecule has 20 heavy (non-hydrogen) atoms. The summed E-state index contributed by atoms with van der Waals surface area (Å²) in [6.07, 6.45) is 0. The molecule has 0 radical (unpaired) electrons. The van der Waals surface area contributed by atoms with Crippen molar-refractivity contribution in [1.29, 1.82) is 0 Å². The molecule has 0 aliphatic carbocycles. The number of benzene rings is 2. The molecule has 0 heterocycles. The highest BCUT2D eigenvalue weighted by atomic mass is 35.5. The summed E-state index contributed by atoms with van der Waals surface area (Å²) >= 11 is 7.47. The predicted octanol–water partition coefficient (Wildman–Crippen LogP) is 4.84. The van der Waals surface area contributed by atoms with E-state index in [0.29, 0.717) is 5.17 Å². The number of thioether (sulfide) groups is 1. The van der Waals surface area contributed by atoms with Crippen LogP contribution in [0.2, 0.25) is 5.02 Å². The van der Waals surface area contributed by atoms with E-state index in [2.05, 4.69) is 24.9 Å². The zero-order valence-corrected chi connectivity index (χ0v) is 13.1. The lowest BCUT2D eigenvalue weighted by atomic mass is 10.1. The Labute approximate surface area is 129 Å². The number of rotatable bonds is 3. The molecule has 2 rings (SSSR count). The lowest BCUT2D eigenvalue weighted by Gasteiger charge is -2.04. The molecule has 0 aliphatic heterocycles. The van der Waals surface area contributed by atoms with Crippen LogP contribution in [0.25, 0.3) is 0 Å². The summed E-state index contributed by atoms with van der Waals surface area (Å²) in [7, 11) is 0. The number of halogens is 1. The van der Waals surface area contributed by atoms with Crippen LogP contribution in [0.4, 0.5) is 5.69 Å². The number of aryl methyl sites for hydroxylation is 2. The van der Waals surface area contributed by atoms with Gasteiger partial charge in [0, 0.05) is 10.8 Å². The molecule has 0 saturated heterocycles. The Morgan fingerprint density at radius 1 is 1.15 bits per heavy atom. The molecule has 0 aromatic heterocycles. The van der Waals surface area contributed by atoms with Crippen molar-refractivity contribution in [2.45, 2.75) is 19.6 Å². The van der Waals surface area contributed by atoms with Crippen molar-refractivity contribution in [3.63, 3.8) is 0 Å². The molecule has 104 valence electrons. The third kappa shape index (κ3) is 4.58. The second kappa shape index (κ2) is 6.82. The van der Waals surface area contributed by atoms with Crippen molar-refractivity contribution in [1.82, 2.24) is 0 Å². The van der Waals surface area contributed by atoms with Gasteiger partial charge in [-0.25, -0.2) is 4.99 Å². The Hall–Kier alpha value is -1.45. The molecule has 0 atom stereocenters. The Balaban J connectivity index is 2.04. The fourth-order valence-electron chi connectivity index (χ4n) is 1.96. The van der Waals surface area contributed by atoms with Crippen molar-refractivity contribution in [3.05, 3.63) is 64.2 Å². The number of nitrogens with zero attached hydrogens (tertiary/aromatic N) is 1. The van der Waals surface area contributed by atoms with Gasteiger partial charge in [-0.2, -0.15) is 0 Å². The summed E-state index contributed by atoms with van der Waals surface area (Å²) in [6, 6.07) is 14.0. The van der Waals surface area contributed by atoms with Gasteiger partial charge in [0.05, 0.1) is 5.69 Å². The summed E-state index contributed by atoms with van der Waals surface area (Å²) in [5.74, 6) is 0.765. The second-order valence-electron chi connectivity index (χ2n) is 4.71. The molecule has 2 nitrogen and oxygen atoms in total. The maximum Gasteiger partial charge on any atom is 0.159 e. The summed E-state index contributed by atoms with van der Waals surface area (Å²) in [6.45, 7) is 4.11. The van der Waals surface area contributed by atoms with Gasteiger partial charge in [0.15, 0.2) is 5.17 Å². The van der Waals surface area contributed by atoms with Gasteiger partial charge in [0.2, 0.25) is 0 Å². The number of nitrogens with two attached hydrogens (primary N) is 1. The van der Waals surface area contributed by atoms with Gasteiger partial charge in [0.25, 0.3) is 0 Å². The first-order valence-corrected chi connectivity index (χ1v) is 7.69. The van der Waals surface area contributed by atoms with Crippen LogP contribution in [0.3, 0.4) is 0 Å². The third-order valence-corrected chi connectivity index (χ3v) is 3.82. The zero-order valence-electron chi connectivity index (χ0n) is 11.6. The first-order chi connectivity index (χ1) is 9.52. The van der Waals surface area contributed by atoms with E-state index in [-0.39, 0.29) is 0 Å². The summed E-state index contributed by atoms with van der Waals surface area (Å²) in [5, 5.41) is 1.31. The Kier molecular flexibility index (Phi) is 5.10. The SMILES string of the molecule is Cc1cc(C)cc(N=C(N)SCc2cccc(Cl)c2)c1. The minimum atomic E-state index is 0.565. The zero-order chi connectivity index (χ0) is 14.5. The van der Waals surface area contributed by atoms with Gasteiger partial charge < -0.3 is 5.73 Å². The minimum Gasteiger partial charge on any atom is -0.378 e. The number of aliphatic imine (C=N–C) groups is 1. The monoisotopic (exact) mass is 304 g/mol. The van der Waals surface area contributed by atoms with E-state index in [4.69, 9.17) is 17.3 Å². The molecule has 0 saturated carbocycles. The fraction of sp³-hybridized carbons (Fsp3) is 0.188. The molecule has 4 heteroatoms. The average Bonchev–Trinajstić information content (AvgIpc) is 2.35. The molecular formula is C16H17ClN2S. The smallest absolute Gasteiger partial charge is 0.159 e. The van der Waals surface area contributed by atoms with E-state index < -0.39 is 0 Å². The van der Waals surface area contributed by atoms with Gasteiger partial charge in [0.1, 0.15) is 0 Å². The van der Waals surface area contributed by atoms with Crippen molar-refractivity contribution in [2.75, 3.05) is 0 Å². The van der Waals surface area contributed by atoms with Gasteiger partial charge in [-0.15, -0.1) is 0 Å². The minimum absolute atomic E-state index is 0.565. The fourth-order valence-corrected chi connectivity index (χ4v) is 2.84. The predicted molar refractivity (Wildman–Crippen MR) is 89.9 cm³/mol. The van der Waals surface area contributed by atoms with Gasteiger partial charge in [-0.3, -0.25) is 0 Å². The number of hydrogen-bond acceptors (Lipinski definition) is 2. The highest BCUT2D eigenvalue weighted by Crippen LogP contribution is 2.21. The van der Waals surface area contributed by atoms with Crippen LogP contribution >= 0.6 is 23.4 Å². The van der Waals surface area contributed by atoms with Gasteiger partial charge in [-0.1, -0.05) is 41.6 Å². The van der Waals surface area contributed by atoms with Crippen LogP contribution in [-0.2, 0) is 5.75 Å². The molecule has 0 unspecified atom stereocenters. The summed E-state index contributed by atoms with van der Waals surface area (Å²) < 4.78 is 0. The molecular weight excluding hydrogens is 288 g/mol. The maximum atomic E-state index is 5.97. The summed E-state index contributed by atoms with van der Waals surface area (Å²) in [4.78, 5) is 4.44. The normalized spacial score (nSPS) is 11.7. The molecule has 0 bridgehead atoms. The average molecular weight is 305 g/mol. The quantitative estimate of drug-likeness (QED) is 0.651. The van der Waals surface area contributed by atoms with Crippen LogP contribution in [-0.4, -0.2) is 5.17 Å². The summed E-state index contributed by atoms with van der Waals surface area (Å²) in [5.41, 5.74) is 10.4. The standard InChI is InChI=1S/C16H17ClN2S/c1-11-6-12(2)8-15(7-11)19-16(18)20-10-13-4-3-5-14(17)9-13/h3-9H,10H2,1-2H3,(H2,18,19). The highest BCUT2D eigenvalue weighted by Gasteiger charge is 2.00. The maximum absolute atomic E-state index is 5.97. The largest absolute Gasteiger partial charge is 0.378 e. The van der Waals surface area contributed by atoms with Crippen LogP contribution in [0.5, 0.6) is 0 Å². The van der Waals surface area contributed by atoms with E-state index in [1.54, 1.807) is 0 Å². The molecule has 2 aromatic rings. The van der Waals surface area contributed by atoms with E-state index in [1.807, 2.05) is 36.4 Å². The molecule has 0 spiro atoms. The van der Waals surface area contributed by atoms with Crippen molar-refractivity contribution in [2.24, 2.45) is 10.7 Å². The van der Waals surface area contributed by atoms with Crippen LogP contribution < -0.4 is 5.73 Å². The number of amidine groups is 1. The van der Waals surface area contributed by atoms with Gasteiger partial charge in [-0.05, 0) is 54.8 Å². The Morgan fingerprint density at radius 3 is 2.50 bits per heavy atom. The molecule has 2 aromatic carbocycles. The molecule has 2 N–H and O–H groups in total. The first-order valence-electron chi connectivity index (χ1n) is 6.32. The van der Waals surface area contributed by atoms with Crippen molar-refractivity contribution < 1.29 is 0 Å². The van der Waals surface area contributed by atoms with Crippen LogP contribution in [0.15, 0.2) is 47.5 Å². The van der Waals surface area contributed by atoms with E-state index in [1.165, 1.54) is 22.9 Å². The molecule has 0 amide bonds. The van der Waals surface area contributed by atoms with Crippen molar-refractivity contribution >= 4 is 34.2 Å². The van der Waals surface area contributed by atoms with Crippen molar-refractivity contribution in [3.8, 4) is 0 Å². The lowest BCUT2D eigenvalue weighted by molar-refractivity contribution is 1.35. The highest BCUT2D eigenvalue weighted by molar-refractivity contribution is 8.13. The van der Waals surface area contributed by atoms with Crippen LogP contribution in [0, 0.1) is 13.8 Å². The van der Waals surface area contributed by atoms with Gasteiger partial charge >= 0.3 is 0 Å². The van der Waals surface area contributed by atoms with E-state index in [9.17, 15) is 0 Å². The van der Waals surface area contributed by atoms with Crippen LogP contribution in [0.1, 0.15) is 16.7 Å². The number of hydrogen-bond donors (Lipinski definition) is 1. The Morgan fingerprint density at radius 2 is 1.85 bits per heavy atom. The first kappa shape index (κ1) is 14.9.